The zero-order valence-electron chi connectivity index (χ0n) is 10.8. The van der Waals surface area contributed by atoms with Gasteiger partial charge < -0.3 is 9.64 Å². The highest BCUT2D eigenvalue weighted by atomic mass is 16.5. The molecule has 0 bridgehead atoms. The van der Waals surface area contributed by atoms with Crippen molar-refractivity contribution in [2.24, 2.45) is 0 Å². The van der Waals surface area contributed by atoms with Crippen LogP contribution in [0.3, 0.4) is 0 Å². The van der Waals surface area contributed by atoms with Crippen molar-refractivity contribution in [3.63, 3.8) is 0 Å². The largest absolute Gasteiger partial charge is 0.380 e. The van der Waals surface area contributed by atoms with E-state index in [4.69, 9.17) is 4.74 Å². The quantitative estimate of drug-likeness (QED) is 0.824. The summed E-state index contributed by atoms with van der Waals surface area (Å²) >= 11 is 0. The van der Waals surface area contributed by atoms with Gasteiger partial charge in [0.25, 0.3) is 0 Å². The Labute approximate surface area is 112 Å². The van der Waals surface area contributed by atoms with E-state index in [9.17, 15) is 5.26 Å². The molecule has 0 spiro atoms. The van der Waals surface area contributed by atoms with E-state index in [1.165, 1.54) is 0 Å². The Kier molecular flexibility index (Phi) is 3.06. The highest BCUT2D eigenvalue weighted by Gasteiger charge is 2.25. The minimum atomic E-state index is 0.236. The lowest BCUT2D eigenvalue weighted by Crippen LogP contribution is -2.24. The van der Waals surface area contributed by atoms with Gasteiger partial charge in [-0.3, -0.25) is 0 Å². The number of para-hydroxylation sites is 1. The number of anilines is 1. The van der Waals surface area contributed by atoms with E-state index >= 15 is 0 Å². The Morgan fingerprint density at radius 2 is 2.26 bits per heavy atom. The van der Waals surface area contributed by atoms with Gasteiger partial charge >= 0.3 is 0 Å². The molecule has 19 heavy (non-hydrogen) atoms. The predicted octanol–water partition coefficient (Wildman–Crippen LogP) is 2.33. The number of fused-ring (bicyclic) bond motifs is 1. The van der Waals surface area contributed by atoms with Crippen LogP contribution in [0.1, 0.15) is 12.0 Å². The third kappa shape index (κ3) is 2.13. The van der Waals surface area contributed by atoms with E-state index in [0.29, 0.717) is 5.56 Å². The maximum atomic E-state index is 9.31. The Hall–Kier alpha value is -2.12. The molecule has 2 heterocycles. The number of nitrogens with zero attached hydrogens (tertiary/aromatic N) is 3. The van der Waals surface area contributed by atoms with Gasteiger partial charge in [-0.1, -0.05) is 18.2 Å². The molecule has 1 atom stereocenters. The lowest BCUT2D eigenvalue weighted by atomic mass is 10.1. The van der Waals surface area contributed by atoms with Crippen LogP contribution >= 0.6 is 0 Å². The van der Waals surface area contributed by atoms with Gasteiger partial charge in [-0.2, -0.15) is 5.26 Å². The summed E-state index contributed by atoms with van der Waals surface area (Å²) in [6.45, 7) is 1.69. The fourth-order valence-corrected chi connectivity index (χ4v) is 2.54. The van der Waals surface area contributed by atoms with Crippen molar-refractivity contribution in [3.05, 3.63) is 35.9 Å². The van der Waals surface area contributed by atoms with Crippen molar-refractivity contribution in [2.45, 2.75) is 12.5 Å². The molecule has 1 aliphatic heterocycles. The van der Waals surface area contributed by atoms with E-state index in [1.807, 2.05) is 30.3 Å². The second kappa shape index (κ2) is 4.87. The Balaban J connectivity index is 2.05. The molecule has 1 unspecified atom stereocenters. The molecule has 3 rings (SSSR count). The van der Waals surface area contributed by atoms with E-state index in [1.54, 1.807) is 7.11 Å². The van der Waals surface area contributed by atoms with Crippen molar-refractivity contribution in [3.8, 4) is 6.07 Å². The van der Waals surface area contributed by atoms with Crippen LogP contribution in [0.5, 0.6) is 0 Å². The maximum Gasteiger partial charge on any atom is 0.147 e. The molecule has 4 heteroatoms. The van der Waals surface area contributed by atoms with Crippen molar-refractivity contribution in [2.75, 3.05) is 25.1 Å². The highest BCUT2D eigenvalue weighted by Crippen LogP contribution is 2.26. The molecule has 0 radical (unpaired) electrons. The van der Waals surface area contributed by atoms with Gasteiger partial charge in [-0.25, -0.2) is 4.98 Å². The number of pyridine rings is 1. The number of ether oxygens (including phenoxy) is 1. The third-order valence-electron chi connectivity index (χ3n) is 3.60. The van der Waals surface area contributed by atoms with Crippen LogP contribution in [-0.4, -0.2) is 31.3 Å². The Morgan fingerprint density at radius 1 is 1.42 bits per heavy atom. The SMILES string of the molecule is COC1CCN(c2nc3ccccc3cc2C#N)C1. The minimum absolute atomic E-state index is 0.236. The average molecular weight is 253 g/mol. The summed E-state index contributed by atoms with van der Waals surface area (Å²) in [5, 5.41) is 10.3. The predicted molar refractivity (Wildman–Crippen MR) is 74.1 cm³/mol. The fraction of sp³-hybridized carbons (Fsp3) is 0.333. The summed E-state index contributed by atoms with van der Waals surface area (Å²) in [6, 6.07) is 12.0. The summed E-state index contributed by atoms with van der Waals surface area (Å²) in [7, 11) is 1.73. The summed E-state index contributed by atoms with van der Waals surface area (Å²) in [5.41, 5.74) is 1.56. The second-order valence-electron chi connectivity index (χ2n) is 4.76. The second-order valence-corrected chi connectivity index (χ2v) is 4.76. The van der Waals surface area contributed by atoms with Crippen LogP contribution in [0, 0.1) is 11.3 Å². The van der Waals surface area contributed by atoms with Crippen molar-refractivity contribution in [1.82, 2.24) is 4.98 Å². The number of methoxy groups -OCH3 is 1. The van der Waals surface area contributed by atoms with Crippen LogP contribution in [-0.2, 0) is 4.74 Å². The molecular weight excluding hydrogens is 238 g/mol. The van der Waals surface area contributed by atoms with Crippen molar-refractivity contribution < 1.29 is 4.74 Å². The molecule has 2 aromatic rings. The fourth-order valence-electron chi connectivity index (χ4n) is 2.54. The van der Waals surface area contributed by atoms with Crippen LogP contribution < -0.4 is 4.90 Å². The zero-order valence-corrected chi connectivity index (χ0v) is 10.8. The zero-order chi connectivity index (χ0) is 13.2. The molecule has 0 aliphatic carbocycles. The number of hydrogen-bond donors (Lipinski definition) is 0. The molecule has 4 nitrogen and oxygen atoms in total. The van der Waals surface area contributed by atoms with E-state index < -0.39 is 0 Å². The van der Waals surface area contributed by atoms with Gasteiger partial charge in [0, 0.05) is 25.6 Å². The monoisotopic (exact) mass is 253 g/mol. The van der Waals surface area contributed by atoms with Crippen LogP contribution in [0.2, 0.25) is 0 Å². The molecule has 0 saturated carbocycles. The smallest absolute Gasteiger partial charge is 0.147 e. The first-order valence-corrected chi connectivity index (χ1v) is 6.39. The molecular formula is C15H15N3O. The summed E-state index contributed by atoms with van der Waals surface area (Å²) in [5.74, 6) is 0.778. The topological polar surface area (TPSA) is 49.1 Å². The lowest BCUT2D eigenvalue weighted by molar-refractivity contribution is 0.121. The number of rotatable bonds is 2. The lowest BCUT2D eigenvalue weighted by Gasteiger charge is -2.19. The summed E-state index contributed by atoms with van der Waals surface area (Å²) in [6.07, 6.45) is 1.22. The first-order chi connectivity index (χ1) is 9.31. The number of hydrogen-bond acceptors (Lipinski definition) is 4. The van der Waals surface area contributed by atoms with Crippen molar-refractivity contribution >= 4 is 16.7 Å². The first kappa shape index (κ1) is 11.9. The van der Waals surface area contributed by atoms with Crippen LogP contribution in [0.15, 0.2) is 30.3 Å². The molecule has 1 aromatic carbocycles. The van der Waals surface area contributed by atoms with E-state index in [0.717, 1.165) is 36.2 Å². The Bertz CT molecular complexity index is 647. The van der Waals surface area contributed by atoms with Gasteiger partial charge in [0.2, 0.25) is 0 Å². The highest BCUT2D eigenvalue weighted by molar-refractivity contribution is 5.83. The standard InChI is InChI=1S/C15H15N3O/c1-19-13-6-7-18(10-13)15-12(9-16)8-11-4-2-3-5-14(11)17-15/h2-5,8,13H,6-7,10H2,1H3. The molecule has 96 valence electrons. The normalized spacial score (nSPS) is 18.7. The molecule has 1 aromatic heterocycles. The van der Waals surface area contributed by atoms with Gasteiger partial charge in [0.05, 0.1) is 17.2 Å². The molecule has 0 amide bonds. The van der Waals surface area contributed by atoms with E-state index in [2.05, 4.69) is 16.0 Å². The van der Waals surface area contributed by atoms with E-state index in [-0.39, 0.29) is 6.10 Å². The van der Waals surface area contributed by atoms with Gasteiger partial charge in [-0.15, -0.1) is 0 Å². The molecule has 0 N–H and O–H groups in total. The van der Waals surface area contributed by atoms with Gasteiger partial charge in [-0.05, 0) is 18.6 Å². The molecule has 1 aliphatic rings. The van der Waals surface area contributed by atoms with Crippen LogP contribution in [0.4, 0.5) is 5.82 Å². The van der Waals surface area contributed by atoms with Gasteiger partial charge in [0.15, 0.2) is 0 Å². The molecule has 1 saturated heterocycles. The first-order valence-electron chi connectivity index (χ1n) is 6.39. The number of benzene rings is 1. The van der Waals surface area contributed by atoms with Crippen LogP contribution in [0.25, 0.3) is 10.9 Å². The van der Waals surface area contributed by atoms with Gasteiger partial charge in [0.1, 0.15) is 11.9 Å². The summed E-state index contributed by atoms with van der Waals surface area (Å²) < 4.78 is 5.37. The van der Waals surface area contributed by atoms with Crippen molar-refractivity contribution in [1.29, 1.82) is 5.26 Å². The summed E-state index contributed by atoms with van der Waals surface area (Å²) in [4.78, 5) is 6.78. The molecule has 1 fully saturated rings. The number of nitriles is 1. The average Bonchev–Trinajstić information content (AvgIpc) is 2.94. The maximum absolute atomic E-state index is 9.31. The Morgan fingerprint density at radius 3 is 3.00 bits per heavy atom. The number of aromatic nitrogens is 1. The third-order valence-corrected chi connectivity index (χ3v) is 3.60. The minimum Gasteiger partial charge on any atom is -0.380 e.